The lowest BCUT2D eigenvalue weighted by molar-refractivity contribution is 0.177. The van der Waals surface area contributed by atoms with Crippen molar-refractivity contribution in [3.8, 4) is 0 Å². The first-order valence-electron chi connectivity index (χ1n) is 4.74. The van der Waals surface area contributed by atoms with Crippen molar-refractivity contribution in [1.29, 1.82) is 0 Å². The minimum atomic E-state index is -0.145. The van der Waals surface area contributed by atoms with Crippen LogP contribution in [-0.2, 0) is 0 Å². The zero-order valence-corrected chi connectivity index (χ0v) is 8.06. The summed E-state index contributed by atoms with van der Waals surface area (Å²) in [6.07, 6.45) is 2.59. The van der Waals surface area contributed by atoms with Gasteiger partial charge in [-0.1, -0.05) is 0 Å². The largest absolute Gasteiger partial charge is 0.393 e. The summed E-state index contributed by atoms with van der Waals surface area (Å²) in [6.45, 7) is 3.86. The first-order valence-corrected chi connectivity index (χ1v) is 4.74. The molecule has 1 fully saturated rings. The van der Waals surface area contributed by atoms with Crippen LogP contribution < -0.4 is 0 Å². The summed E-state index contributed by atoms with van der Waals surface area (Å²) in [5, 5.41) is 13.7. The number of hydrogen-bond acceptors (Lipinski definition) is 3. The van der Waals surface area contributed by atoms with Gasteiger partial charge in [-0.2, -0.15) is 5.10 Å². The Morgan fingerprint density at radius 3 is 2.62 bits per heavy atom. The Morgan fingerprint density at radius 2 is 2.15 bits per heavy atom. The van der Waals surface area contributed by atoms with Crippen LogP contribution in [0.5, 0.6) is 0 Å². The molecule has 1 aromatic rings. The molecule has 13 heavy (non-hydrogen) atoms. The van der Waals surface area contributed by atoms with Crippen molar-refractivity contribution in [2.24, 2.45) is 0 Å². The smallest absolute Gasteiger partial charge is 0.147 e. The third-order valence-electron chi connectivity index (χ3n) is 2.63. The third kappa shape index (κ3) is 1.58. The molecule has 1 aliphatic carbocycles. The molecule has 1 aliphatic rings. The van der Waals surface area contributed by atoms with Gasteiger partial charge in [-0.3, -0.25) is 0 Å². The van der Waals surface area contributed by atoms with Gasteiger partial charge in [-0.05, 0) is 33.1 Å². The molecular formula is C9H15N3O. The average Bonchev–Trinajstić information content (AvgIpc) is 2.58. The number of aliphatic hydroxyl groups excluding tert-OH is 1. The van der Waals surface area contributed by atoms with Gasteiger partial charge in [0.2, 0.25) is 0 Å². The van der Waals surface area contributed by atoms with Crippen LogP contribution in [0.2, 0.25) is 0 Å². The maximum atomic E-state index is 9.40. The van der Waals surface area contributed by atoms with Crippen molar-refractivity contribution in [3.05, 3.63) is 11.6 Å². The zero-order valence-electron chi connectivity index (χ0n) is 8.06. The number of hydrogen-bond donors (Lipinski definition) is 1. The first-order chi connectivity index (χ1) is 6.16. The summed E-state index contributed by atoms with van der Waals surface area (Å²) < 4.78 is 1.95. The minimum Gasteiger partial charge on any atom is -0.393 e. The highest BCUT2D eigenvalue weighted by molar-refractivity contribution is 4.92. The van der Waals surface area contributed by atoms with Crippen LogP contribution in [0.25, 0.3) is 0 Å². The summed E-state index contributed by atoms with van der Waals surface area (Å²) >= 11 is 0. The molecule has 1 saturated carbocycles. The van der Waals surface area contributed by atoms with Crippen molar-refractivity contribution >= 4 is 0 Å². The second kappa shape index (κ2) is 3.10. The molecule has 0 saturated heterocycles. The molecule has 2 unspecified atom stereocenters. The Kier molecular flexibility index (Phi) is 2.07. The van der Waals surface area contributed by atoms with Gasteiger partial charge in [-0.25, -0.2) is 9.67 Å². The Labute approximate surface area is 77.6 Å². The number of nitrogens with zero attached hydrogens (tertiary/aromatic N) is 3. The lowest BCUT2D eigenvalue weighted by atomic mass is 10.2. The topological polar surface area (TPSA) is 50.9 Å². The molecule has 0 radical (unpaired) electrons. The molecule has 0 aliphatic heterocycles. The summed E-state index contributed by atoms with van der Waals surface area (Å²) in [6, 6.07) is 0.358. The van der Waals surface area contributed by atoms with E-state index in [1.807, 2.05) is 18.5 Å². The lowest BCUT2D eigenvalue weighted by Gasteiger charge is -2.10. The van der Waals surface area contributed by atoms with Crippen LogP contribution in [0.1, 0.15) is 37.0 Å². The summed E-state index contributed by atoms with van der Waals surface area (Å²) in [5.74, 6) is 1.77. The van der Waals surface area contributed by atoms with Gasteiger partial charge in [0, 0.05) is 0 Å². The molecule has 4 nitrogen and oxygen atoms in total. The second-order valence-electron chi connectivity index (χ2n) is 3.77. The molecule has 4 heteroatoms. The van der Waals surface area contributed by atoms with Crippen molar-refractivity contribution in [2.45, 2.75) is 45.3 Å². The predicted octanol–water partition coefficient (Wildman–Crippen LogP) is 0.981. The van der Waals surface area contributed by atoms with E-state index >= 15 is 0 Å². The number of aliphatic hydroxyl groups is 1. The SMILES string of the molecule is Cc1nc(C)n(C2CCC(O)C2)n1. The zero-order chi connectivity index (χ0) is 9.42. The van der Waals surface area contributed by atoms with Gasteiger partial charge in [0.25, 0.3) is 0 Å². The molecular weight excluding hydrogens is 166 g/mol. The highest BCUT2D eigenvalue weighted by Gasteiger charge is 2.26. The normalized spacial score (nSPS) is 28.2. The van der Waals surface area contributed by atoms with Crippen LogP contribution in [0.3, 0.4) is 0 Å². The fourth-order valence-corrected chi connectivity index (χ4v) is 2.04. The van der Waals surface area contributed by atoms with Crippen LogP contribution in [0.4, 0.5) is 0 Å². The molecule has 1 aromatic heterocycles. The number of aryl methyl sites for hydroxylation is 2. The fraction of sp³-hybridized carbons (Fsp3) is 0.778. The number of aromatic nitrogens is 3. The molecule has 72 valence electrons. The Hall–Kier alpha value is -0.900. The Bertz CT molecular complexity index is 308. The monoisotopic (exact) mass is 181 g/mol. The van der Waals surface area contributed by atoms with E-state index in [1.54, 1.807) is 0 Å². The molecule has 0 spiro atoms. The lowest BCUT2D eigenvalue weighted by Crippen LogP contribution is -2.10. The van der Waals surface area contributed by atoms with Crippen LogP contribution in [-0.4, -0.2) is 26.0 Å². The highest BCUT2D eigenvalue weighted by Crippen LogP contribution is 2.29. The van der Waals surface area contributed by atoms with E-state index in [-0.39, 0.29) is 6.10 Å². The van der Waals surface area contributed by atoms with E-state index in [2.05, 4.69) is 10.1 Å². The van der Waals surface area contributed by atoms with Gasteiger partial charge in [0.1, 0.15) is 11.6 Å². The van der Waals surface area contributed by atoms with Crippen molar-refractivity contribution in [2.75, 3.05) is 0 Å². The van der Waals surface area contributed by atoms with Gasteiger partial charge in [0.05, 0.1) is 12.1 Å². The summed E-state index contributed by atoms with van der Waals surface area (Å²) in [5.41, 5.74) is 0. The van der Waals surface area contributed by atoms with Gasteiger partial charge in [-0.15, -0.1) is 0 Å². The summed E-state index contributed by atoms with van der Waals surface area (Å²) in [4.78, 5) is 4.25. The Balaban J connectivity index is 2.20. The Morgan fingerprint density at radius 1 is 1.38 bits per heavy atom. The maximum absolute atomic E-state index is 9.40. The average molecular weight is 181 g/mol. The molecule has 0 amide bonds. The summed E-state index contributed by atoms with van der Waals surface area (Å²) in [7, 11) is 0. The molecule has 2 rings (SSSR count). The standard InChI is InChI=1S/C9H15N3O/c1-6-10-7(2)12(11-6)8-3-4-9(13)5-8/h8-9,13H,3-5H2,1-2H3. The maximum Gasteiger partial charge on any atom is 0.147 e. The van der Waals surface area contributed by atoms with E-state index in [0.29, 0.717) is 6.04 Å². The van der Waals surface area contributed by atoms with Crippen LogP contribution >= 0.6 is 0 Å². The number of rotatable bonds is 1. The minimum absolute atomic E-state index is 0.145. The van der Waals surface area contributed by atoms with Crippen LogP contribution in [0, 0.1) is 13.8 Å². The first kappa shape index (κ1) is 8.69. The van der Waals surface area contributed by atoms with E-state index in [4.69, 9.17) is 0 Å². The van der Waals surface area contributed by atoms with Gasteiger partial charge in [0.15, 0.2) is 0 Å². The van der Waals surface area contributed by atoms with Crippen molar-refractivity contribution in [3.63, 3.8) is 0 Å². The molecule has 0 bridgehead atoms. The predicted molar refractivity (Wildman–Crippen MR) is 48.4 cm³/mol. The molecule has 1 N–H and O–H groups in total. The van der Waals surface area contributed by atoms with Gasteiger partial charge < -0.3 is 5.11 Å². The fourth-order valence-electron chi connectivity index (χ4n) is 2.04. The molecule has 1 heterocycles. The van der Waals surface area contributed by atoms with E-state index < -0.39 is 0 Å². The second-order valence-corrected chi connectivity index (χ2v) is 3.77. The molecule has 2 atom stereocenters. The van der Waals surface area contributed by atoms with E-state index in [9.17, 15) is 5.11 Å². The molecule has 0 aromatic carbocycles. The quantitative estimate of drug-likeness (QED) is 0.702. The van der Waals surface area contributed by atoms with Crippen molar-refractivity contribution < 1.29 is 5.11 Å². The third-order valence-corrected chi connectivity index (χ3v) is 2.63. The van der Waals surface area contributed by atoms with E-state index in [1.165, 1.54) is 0 Å². The van der Waals surface area contributed by atoms with E-state index in [0.717, 1.165) is 30.9 Å². The van der Waals surface area contributed by atoms with Crippen LogP contribution in [0.15, 0.2) is 0 Å². The van der Waals surface area contributed by atoms with Crippen molar-refractivity contribution in [1.82, 2.24) is 14.8 Å². The highest BCUT2D eigenvalue weighted by atomic mass is 16.3. The van der Waals surface area contributed by atoms with Gasteiger partial charge >= 0.3 is 0 Å².